The van der Waals surface area contributed by atoms with Crippen LogP contribution in [0.1, 0.15) is 42.9 Å². The van der Waals surface area contributed by atoms with E-state index in [1.165, 1.54) is 0 Å². The molecule has 0 bridgehead atoms. The fourth-order valence-electron chi connectivity index (χ4n) is 2.93. The van der Waals surface area contributed by atoms with Gasteiger partial charge in [0.2, 0.25) is 0 Å². The van der Waals surface area contributed by atoms with Crippen LogP contribution >= 0.6 is 0 Å². The first-order valence-electron chi connectivity index (χ1n) is 8.59. The molecule has 0 fully saturated rings. The summed E-state index contributed by atoms with van der Waals surface area (Å²) < 4.78 is 1.99. The summed E-state index contributed by atoms with van der Waals surface area (Å²) in [5, 5.41) is 29.6. The van der Waals surface area contributed by atoms with Gasteiger partial charge in [-0.05, 0) is 37.0 Å². The first-order valence-corrected chi connectivity index (χ1v) is 8.59. The van der Waals surface area contributed by atoms with E-state index >= 15 is 0 Å². The van der Waals surface area contributed by atoms with Crippen LogP contribution in [-0.4, -0.2) is 31.3 Å². The van der Waals surface area contributed by atoms with Gasteiger partial charge in [0.15, 0.2) is 11.5 Å². The maximum Gasteiger partial charge on any atom is 0.166 e. The Balaban J connectivity index is 1.65. The molecule has 7 heteroatoms. The Morgan fingerprint density at radius 2 is 2.00 bits per heavy atom. The number of fused-ring (bicyclic) bond motifs is 1. The fraction of sp³-hybridized carbons (Fsp3) is 0.389. The molecule has 3 heterocycles. The van der Waals surface area contributed by atoms with Crippen molar-refractivity contribution < 1.29 is 0 Å². The number of hydrogen-bond acceptors (Lipinski definition) is 6. The van der Waals surface area contributed by atoms with Crippen molar-refractivity contribution in [1.82, 2.24) is 24.8 Å². The number of nitriles is 1. The number of nitrogens with one attached hydrogen (secondary N) is 1. The van der Waals surface area contributed by atoms with E-state index in [1.807, 2.05) is 42.6 Å². The molecule has 0 spiro atoms. The molecular formula is C18H21N7. The van der Waals surface area contributed by atoms with Crippen molar-refractivity contribution in [2.45, 2.75) is 39.5 Å². The van der Waals surface area contributed by atoms with Crippen LogP contribution in [0, 0.1) is 11.3 Å². The maximum atomic E-state index is 9.50. The van der Waals surface area contributed by atoms with Crippen LogP contribution in [0.3, 0.4) is 0 Å². The number of rotatable bonds is 7. The van der Waals surface area contributed by atoms with Crippen LogP contribution < -0.4 is 5.32 Å². The molecule has 1 N–H and O–H groups in total. The van der Waals surface area contributed by atoms with Gasteiger partial charge in [0.25, 0.3) is 0 Å². The van der Waals surface area contributed by atoms with E-state index in [-0.39, 0.29) is 0 Å². The van der Waals surface area contributed by atoms with Gasteiger partial charge in [-0.3, -0.25) is 4.40 Å². The Morgan fingerprint density at radius 1 is 1.12 bits per heavy atom. The van der Waals surface area contributed by atoms with Crippen molar-refractivity contribution in [3.05, 3.63) is 47.0 Å². The summed E-state index contributed by atoms with van der Waals surface area (Å²) in [6.07, 6.45) is 5.18. The van der Waals surface area contributed by atoms with E-state index in [1.54, 1.807) is 0 Å². The first-order chi connectivity index (χ1) is 12.3. The molecule has 0 aromatic carbocycles. The van der Waals surface area contributed by atoms with Gasteiger partial charge in [0, 0.05) is 19.2 Å². The molecule has 3 aromatic rings. The minimum Gasteiger partial charge on any atom is -0.367 e. The summed E-state index contributed by atoms with van der Waals surface area (Å²) in [6, 6.07) is 8.13. The number of anilines is 1. The predicted molar refractivity (Wildman–Crippen MR) is 95.3 cm³/mol. The van der Waals surface area contributed by atoms with E-state index < -0.39 is 0 Å². The molecule has 0 unspecified atom stereocenters. The third-order valence-corrected chi connectivity index (χ3v) is 4.21. The normalized spacial score (nSPS) is 10.8. The highest BCUT2D eigenvalue weighted by molar-refractivity contribution is 5.56. The lowest BCUT2D eigenvalue weighted by atomic mass is 10.0. The van der Waals surface area contributed by atoms with Gasteiger partial charge in [-0.25, -0.2) is 0 Å². The molecule has 3 rings (SSSR count). The van der Waals surface area contributed by atoms with Gasteiger partial charge >= 0.3 is 0 Å². The summed E-state index contributed by atoms with van der Waals surface area (Å²) >= 11 is 0. The monoisotopic (exact) mass is 335 g/mol. The molecule has 0 aliphatic rings. The second-order valence-electron chi connectivity index (χ2n) is 5.74. The molecule has 0 amide bonds. The minimum absolute atomic E-state index is 0.572. The topological polar surface area (TPSA) is 91.8 Å². The van der Waals surface area contributed by atoms with E-state index in [2.05, 4.69) is 31.8 Å². The Bertz CT molecular complexity index is 907. The van der Waals surface area contributed by atoms with Crippen LogP contribution in [0.2, 0.25) is 0 Å². The van der Waals surface area contributed by atoms with Crippen LogP contribution in [0.25, 0.3) is 5.65 Å². The minimum atomic E-state index is 0.572. The number of aromatic nitrogens is 5. The smallest absolute Gasteiger partial charge is 0.166 e. The molecule has 0 aliphatic heterocycles. The summed E-state index contributed by atoms with van der Waals surface area (Å²) in [7, 11) is 0. The van der Waals surface area contributed by atoms with Gasteiger partial charge < -0.3 is 5.32 Å². The number of aryl methyl sites for hydroxylation is 2. The molecule has 128 valence electrons. The van der Waals surface area contributed by atoms with Crippen LogP contribution in [-0.2, 0) is 19.3 Å². The summed E-state index contributed by atoms with van der Waals surface area (Å²) in [5.74, 6) is 1.50. The lowest BCUT2D eigenvalue weighted by Gasteiger charge is -2.11. The van der Waals surface area contributed by atoms with Gasteiger partial charge in [-0.1, -0.05) is 19.9 Å². The van der Waals surface area contributed by atoms with E-state index in [4.69, 9.17) is 0 Å². The molecule has 0 aliphatic carbocycles. The highest BCUT2D eigenvalue weighted by Gasteiger charge is 2.14. The van der Waals surface area contributed by atoms with E-state index in [0.29, 0.717) is 17.9 Å². The van der Waals surface area contributed by atoms with Crippen molar-refractivity contribution in [1.29, 1.82) is 5.26 Å². The van der Waals surface area contributed by atoms with Crippen LogP contribution in [0.5, 0.6) is 0 Å². The van der Waals surface area contributed by atoms with Crippen LogP contribution in [0.4, 0.5) is 5.82 Å². The second-order valence-corrected chi connectivity index (χ2v) is 5.74. The Kier molecular flexibility index (Phi) is 5.19. The number of pyridine rings is 1. The van der Waals surface area contributed by atoms with Crippen LogP contribution in [0.15, 0.2) is 24.4 Å². The predicted octanol–water partition coefficient (Wildman–Crippen LogP) is 2.56. The van der Waals surface area contributed by atoms with Crippen molar-refractivity contribution in [3.63, 3.8) is 0 Å². The summed E-state index contributed by atoms with van der Waals surface area (Å²) in [4.78, 5) is 0. The summed E-state index contributed by atoms with van der Waals surface area (Å²) in [5.41, 5.74) is 3.36. The first kappa shape index (κ1) is 16.8. The van der Waals surface area contributed by atoms with E-state index in [0.717, 1.165) is 48.4 Å². The Hall–Kier alpha value is -3.01. The van der Waals surface area contributed by atoms with Crippen molar-refractivity contribution >= 4 is 11.5 Å². The Morgan fingerprint density at radius 3 is 2.76 bits per heavy atom. The zero-order valence-electron chi connectivity index (χ0n) is 14.5. The zero-order chi connectivity index (χ0) is 17.6. The lowest BCUT2D eigenvalue weighted by molar-refractivity contribution is 0.781. The third kappa shape index (κ3) is 3.43. The highest BCUT2D eigenvalue weighted by atomic mass is 15.2. The third-order valence-electron chi connectivity index (χ3n) is 4.21. The largest absolute Gasteiger partial charge is 0.367 e. The fourth-order valence-corrected chi connectivity index (χ4v) is 2.93. The van der Waals surface area contributed by atoms with Crippen molar-refractivity contribution in [3.8, 4) is 6.07 Å². The SMILES string of the molecule is CCc1nnc(NCCCc2nnc3ccccn23)c(C#N)c1CC. The Labute approximate surface area is 146 Å². The molecule has 0 atom stereocenters. The van der Waals surface area contributed by atoms with Gasteiger partial charge in [-0.15, -0.1) is 15.3 Å². The molecule has 0 saturated carbocycles. The standard InChI is InChI=1S/C18H21N7/c1-3-13-14(12-19)18(24-21-15(13)4-2)20-10-7-9-17-23-22-16-8-5-6-11-25(16)17/h5-6,8,11H,3-4,7,9-10H2,1-2H3,(H,20,24). The quantitative estimate of drug-likeness (QED) is 0.667. The lowest BCUT2D eigenvalue weighted by Crippen LogP contribution is -2.11. The van der Waals surface area contributed by atoms with Gasteiger partial charge in [0.05, 0.1) is 5.69 Å². The zero-order valence-corrected chi connectivity index (χ0v) is 14.5. The molecule has 25 heavy (non-hydrogen) atoms. The second kappa shape index (κ2) is 7.71. The molecule has 7 nitrogen and oxygen atoms in total. The van der Waals surface area contributed by atoms with E-state index in [9.17, 15) is 5.26 Å². The maximum absolute atomic E-state index is 9.50. The highest BCUT2D eigenvalue weighted by Crippen LogP contribution is 2.19. The van der Waals surface area contributed by atoms with Crippen molar-refractivity contribution in [2.75, 3.05) is 11.9 Å². The van der Waals surface area contributed by atoms with Gasteiger partial charge in [0.1, 0.15) is 17.5 Å². The summed E-state index contributed by atoms with van der Waals surface area (Å²) in [6.45, 7) is 4.76. The molecule has 0 radical (unpaired) electrons. The molecular weight excluding hydrogens is 314 g/mol. The van der Waals surface area contributed by atoms with Crippen molar-refractivity contribution in [2.24, 2.45) is 0 Å². The average molecular weight is 335 g/mol. The molecule has 3 aromatic heterocycles. The molecule has 0 saturated heterocycles. The van der Waals surface area contributed by atoms with Gasteiger partial charge in [-0.2, -0.15) is 10.4 Å². The number of hydrogen-bond donors (Lipinski definition) is 1. The number of nitrogens with zero attached hydrogens (tertiary/aromatic N) is 6. The average Bonchev–Trinajstić information content (AvgIpc) is 3.07.